The number of hydrogen-bond donors (Lipinski definition) is 0. The summed E-state index contributed by atoms with van der Waals surface area (Å²) in [5, 5.41) is 10.6. The SMILES string of the molecule is CC(C)c1cc[n+]([O-])cc1.CC(C)c1ccncc1. The molecular weight excluding hydrogens is 236 g/mol. The summed E-state index contributed by atoms with van der Waals surface area (Å²) in [4.78, 5) is 3.93. The molecule has 2 heterocycles. The lowest BCUT2D eigenvalue weighted by Crippen LogP contribution is -2.23. The van der Waals surface area contributed by atoms with Crippen LogP contribution in [0.1, 0.15) is 50.7 Å². The van der Waals surface area contributed by atoms with E-state index in [1.807, 2.05) is 36.7 Å². The second-order valence-corrected chi connectivity index (χ2v) is 5.08. The number of aromatic nitrogens is 2. The Labute approximate surface area is 115 Å². The Balaban J connectivity index is 0.000000191. The van der Waals surface area contributed by atoms with Crippen LogP contribution < -0.4 is 4.73 Å². The standard InChI is InChI=1S/C8H11NO.C8H11N/c1-7(2)8-3-5-9(10)6-4-8;1-7(2)8-3-5-9-6-4-8/h3-7H,1-2H3;3-7H,1-2H3. The van der Waals surface area contributed by atoms with Crippen LogP contribution in [0.15, 0.2) is 49.1 Å². The van der Waals surface area contributed by atoms with Crippen molar-refractivity contribution < 1.29 is 4.73 Å². The molecule has 102 valence electrons. The summed E-state index contributed by atoms with van der Waals surface area (Å²) < 4.78 is 0.798. The molecule has 3 heteroatoms. The van der Waals surface area contributed by atoms with Crippen LogP contribution in [0.2, 0.25) is 0 Å². The number of hydrogen-bond acceptors (Lipinski definition) is 2. The molecule has 0 atom stereocenters. The van der Waals surface area contributed by atoms with E-state index in [9.17, 15) is 5.21 Å². The molecule has 0 bridgehead atoms. The van der Waals surface area contributed by atoms with Crippen molar-refractivity contribution in [1.29, 1.82) is 0 Å². The summed E-state index contributed by atoms with van der Waals surface area (Å²) >= 11 is 0. The second-order valence-electron chi connectivity index (χ2n) is 5.08. The van der Waals surface area contributed by atoms with Crippen LogP contribution in [0.4, 0.5) is 0 Å². The van der Waals surface area contributed by atoms with Gasteiger partial charge < -0.3 is 5.21 Å². The molecule has 0 N–H and O–H groups in total. The lowest BCUT2D eigenvalue weighted by molar-refractivity contribution is -0.605. The highest BCUT2D eigenvalue weighted by molar-refractivity contribution is 5.13. The molecule has 0 unspecified atom stereocenters. The molecule has 0 radical (unpaired) electrons. The fourth-order valence-electron chi connectivity index (χ4n) is 1.56. The highest BCUT2D eigenvalue weighted by atomic mass is 16.5. The van der Waals surface area contributed by atoms with Gasteiger partial charge >= 0.3 is 0 Å². The molecular formula is C16H22N2O. The maximum atomic E-state index is 10.6. The van der Waals surface area contributed by atoms with Gasteiger partial charge in [-0.1, -0.05) is 27.7 Å². The lowest BCUT2D eigenvalue weighted by atomic mass is 10.1. The van der Waals surface area contributed by atoms with Gasteiger partial charge in [0.15, 0.2) is 12.4 Å². The van der Waals surface area contributed by atoms with Crippen LogP contribution in [0.3, 0.4) is 0 Å². The average Bonchev–Trinajstić information content (AvgIpc) is 2.41. The third kappa shape index (κ3) is 5.51. The fraction of sp³-hybridized carbons (Fsp3) is 0.375. The summed E-state index contributed by atoms with van der Waals surface area (Å²) in [6, 6.07) is 7.78. The van der Waals surface area contributed by atoms with Crippen molar-refractivity contribution in [3.05, 3.63) is 65.4 Å². The van der Waals surface area contributed by atoms with Crippen molar-refractivity contribution in [3.63, 3.8) is 0 Å². The van der Waals surface area contributed by atoms with Gasteiger partial charge in [-0.3, -0.25) is 4.98 Å². The first-order chi connectivity index (χ1) is 9.00. The van der Waals surface area contributed by atoms with Gasteiger partial charge in [-0.05, 0) is 35.1 Å². The highest BCUT2D eigenvalue weighted by Gasteiger charge is 1.98. The van der Waals surface area contributed by atoms with E-state index in [4.69, 9.17) is 0 Å². The van der Waals surface area contributed by atoms with Crippen molar-refractivity contribution in [2.45, 2.75) is 39.5 Å². The largest absolute Gasteiger partial charge is 0.619 e. The zero-order valence-corrected chi connectivity index (χ0v) is 12.1. The van der Waals surface area contributed by atoms with E-state index in [1.165, 1.54) is 23.5 Å². The number of pyridine rings is 2. The summed E-state index contributed by atoms with van der Waals surface area (Å²) in [7, 11) is 0. The van der Waals surface area contributed by atoms with Gasteiger partial charge in [0.2, 0.25) is 0 Å². The Hall–Kier alpha value is -1.90. The van der Waals surface area contributed by atoms with Crippen LogP contribution in [0.25, 0.3) is 0 Å². The number of nitrogens with zero attached hydrogens (tertiary/aromatic N) is 2. The van der Waals surface area contributed by atoms with Gasteiger partial charge in [-0.2, -0.15) is 4.73 Å². The fourth-order valence-corrected chi connectivity index (χ4v) is 1.56. The molecule has 0 aliphatic heterocycles. The van der Waals surface area contributed by atoms with E-state index < -0.39 is 0 Å². The molecule has 0 aliphatic rings. The van der Waals surface area contributed by atoms with Crippen molar-refractivity contribution in [1.82, 2.24) is 4.98 Å². The van der Waals surface area contributed by atoms with E-state index >= 15 is 0 Å². The molecule has 2 rings (SSSR count). The van der Waals surface area contributed by atoms with Gasteiger partial charge in [0.1, 0.15) is 0 Å². The van der Waals surface area contributed by atoms with Crippen molar-refractivity contribution >= 4 is 0 Å². The molecule has 0 spiro atoms. The third-order valence-corrected chi connectivity index (χ3v) is 2.87. The van der Waals surface area contributed by atoms with Crippen molar-refractivity contribution in [3.8, 4) is 0 Å². The van der Waals surface area contributed by atoms with Crippen LogP contribution in [0.5, 0.6) is 0 Å². The van der Waals surface area contributed by atoms with Gasteiger partial charge in [0.25, 0.3) is 0 Å². The Kier molecular flexibility index (Phi) is 6.00. The first-order valence-electron chi connectivity index (χ1n) is 6.59. The Bertz CT molecular complexity index is 464. The first kappa shape index (κ1) is 15.2. The summed E-state index contributed by atoms with van der Waals surface area (Å²) in [6.07, 6.45) is 6.70. The maximum Gasteiger partial charge on any atom is 0.180 e. The van der Waals surface area contributed by atoms with E-state index in [0.29, 0.717) is 11.8 Å². The van der Waals surface area contributed by atoms with E-state index in [0.717, 1.165) is 4.73 Å². The molecule has 0 aromatic carbocycles. The van der Waals surface area contributed by atoms with Gasteiger partial charge in [-0.25, -0.2) is 0 Å². The zero-order chi connectivity index (χ0) is 14.3. The van der Waals surface area contributed by atoms with Crippen molar-refractivity contribution in [2.24, 2.45) is 0 Å². The molecule has 2 aromatic heterocycles. The predicted octanol–water partition coefficient (Wildman–Crippen LogP) is 3.65. The van der Waals surface area contributed by atoms with Gasteiger partial charge in [0.05, 0.1) is 0 Å². The van der Waals surface area contributed by atoms with Crippen molar-refractivity contribution in [2.75, 3.05) is 0 Å². The van der Waals surface area contributed by atoms with E-state index in [-0.39, 0.29) is 0 Å². The van der Waals surface area contributed by atoms with Crippen LogP contribution in [0, 0.1) is 5.21 Å². The number of rotatable bonds is 2. The predicted molar refractivity (Wildman–Crippen MR) is 77.8 cm³/mol. The Morgan fingerprint density at radius 3 is 1.63 bits per heavy atom. The molecule has 2 aromatic rings. The Morgan fingerprint density at radius 2 is 1.26 bits per heavy atom. The first-order valence-corrected chi connectivity index (χ1v) is 6.59. The van der Waals surface area contributed by atoms with Gasteiger partial charge in [-0.15, -0.1) is 0 Å². The molecule has 0 fully saturated rings. The van der Waals surface area contributed by atoms with E-state index in [1.54, 1.807) is 0 Å². The summed E-state index contributed by atoms with van der Waals surface area (Å²) in [5.41, 5.74) is 2.55. The maximum absolute atomic E-state index is 10.6. The monoisotopic (exact) mass is 258 g/mol. The normalized spacial score (nSPS) is 10.2. The summed E-state index contributed by atoms with van der Waals surface area (Å²) in [6.45, 7) is 8.56. The Morgan fingerprint density at radius 1 is 0.842 bits per heavy atom. The zero-order valence-electron chi connectivity index (χ0n) is 12.1. The minimum atomic E-state index is 0.501. The molecule has 0 saturated carbocycles. The molecule has 0 saturated heterocycles. The smallest absolute Gasteiger partial charge is 0.180 e. The average molecular weight is 258 g/mol. The molecule has 0 amide bonds. The van der Waals surface area contributed by atoms with Crippen LogP contribution in [-0.4, -0.2) is 4.98 Å². The third-order valence-electron chi connectivity index (χ3n) is 2.87. The van der Waals surface area contributed by atoms with Crippen LogP contribution >= 0.6 is 0 Å². The van der Waals surface area contributed by atoms with E-state index in [2.05, 4.69) is 32.7 Å². The minimum Gasteiger partial charge on any atom is -0.619 e. The molecule has 19 heavy (non-hydrogen) atoms. The molecule has 3 nitrogen and oxygen atoms in total. The molecule has 0 aliphatic carbocycles. The minimum absolute atomic E-state index is 0.501. The highest BCUT2D eigenvalue weighted by Crippen LogP contribution is 2.11. The lowest BCUT2D eigenvalue weighted by Gasteiger charge is -2.02. The van der Waals surface area contributed by atoms with Crippen LogP contribution in [-0.2, 0) is 0 Å². The topological polar surface area (TPSA) is 39.8 Å². The quantitative estimate of drug-likeness (QED) is 0.609. The van der Waals surface area contributed by atoms with Gasteiger partial charge in [0, 0.05) is 24.5 Å². The second kappa shape index (κ2) is 7.52. The summed E-state index contributed by atoms with van der Waals surface area (Å²) in [5.74, 6) is 1.12.